The molecule has 112 valence electrons. The molecule has 2 bridgehead atoms. The van der Waals surface area contributed by atoms with Crippen LogP contribution in [-0.2, 0) is 9.53 Å². The zero-order valence-electron chi connectivity index (χ0n) is 12.6. The first-order chi connectivity index (χ1) is 9.28. The summed E-state index contributed by atoms with van der Waals surface area (Å²) in [6.07, 6.45) is 4.39. The van der Waals surface area contributed by atoms with Gasteiger partial charge in [-0.25, -0.2) is 4.79 Å². The van der Waals surface area contributed by atoms with Crippen molar-refractivity contribution >= 4 is 12.0 Å². The standard InChI is InChI=1S/C15H24N2O3/c1-14(2,3)20-13(19)17-10-4-5-11(17)7-15(6-10)8-12(18)16-9-15/h10-11H,4-9H2,1-3H3,(H,16,18). The highest BCUT2D eigenvalue weighted by molar-refractivity contribution is 5.79. The number of carbonyl (C=O) groups excluding carboxylic acids is 2. The quantitative estimate of drug-likeness (QED) is 0.739. The Morgan fingerprint density at radius 1 is 1.30 bits per heavy atom. The predicted octanol–water partition coefficient (Wildman–Crippen LogP) is 2.05. The Kier molecular flexibility index (Phi) is 2.99. The molecule has 2 atom stereocenters. The Balaban J connectivity index is 1.72. The van der Waals surface area contributed by atoms with Crippen LogP contribution in [0.15, 0.2) is 0 Å². The van der Waals surface area contributed by atoms with Gasteiger partial charge >= 0.3 is 6.09 Å². The number of fused-ring (bicyclic) bond motifs is 2. The van der Waals surface area contributed by atoms with E-state index in [-0.39, 0.29) is 29.5 Å². The summed E-state index contributed by atoms with van der Waals surface area (Å²) >= 11 is 0. The van der Waals surface area contributed by atoms with Gasteiger partial charge in [0.2, 0.25) is 5.91 Å². The number of nitrogens with one attached hydrogen (secondary N) is 1. The van der Waals surface area contributed by atoms with Gasteiger partial charge in [-0.2, -0.15) is 0 Å². The molecular formula is C15H24N2O3. The Bertz CT molecular complexity index is 427. The van der Waals surface area contributed by atoms with Gasteiger partial charge in [0.25, 0.3) is 0 Å². The van der Waals surface area contributed by atoms with Crippen LogP contribution in [0.1, 0.15) is 52.9 Å². The molecule has 3 fully saturated rings. The third kappa shape index (κ3) is 2.38. The van der Waals surface area contributed by atoms with Crippen molar-refractivity contribution < 1.29 is 14.3 Å². The zero-order chi connectivity index (χ0) is 14.5. The molecule has 5 nitrogen and oxygen atoms in total. The van der Waals surface area contributed by atoms with Crippen molar-refractivity contribution in [3.8, 4) is 0 Å². The van der Waals surface area contributed by atoms with Crippen LogP contribution < -0.4 is 5.32 Å². The van der Waals surface area contributed by atoms with E-state index < -0.39 is 5.60 Å². The largest absolute Gasteiger partial charge is 0.444 e. The molecule has 0 radical (unpaired) electrons. The number of carbonyl (C=O) groups is 2. The van der Waals surface area contributed by atoms with Crippen LogP contribution >= 0.6 is 0 Å². The Morgan fingerprint density at radius 3 is 2.35 bits per heavy atom. The lowest BCUT2D eigenvalue weighted by atomic mass is 9.74. The predicted molar refractivity (Wildman–Crippen MR) is 74.2 cm³/mol. The van der Waals surface area contributed by atoms with Crippen LogP contribution in [0.4, 0.5) is 4.79 Å². The molecule has 3 rings (SSSR count). The molecular weight excluding hydrogens is 256 g/mol. The van der Waals surface area contributed by atoms with Crippen LogP contribution in [0.5, 0.6) is 0 Å². The summed E-state index contributed by atoms with van der Waals surface area (Å²) in [7, 11) is 0. The number of amides is 2. The number of rotatable bonds is 0. The van der Waals surface area contributed by atoms with Crippen LogP contribution in [0, 0.1) is 5.41 Å². The zero-order valence-corrected chi connectivity index (χ0v) is 12.6. The second-order valence-electron chi connectivity index (χ2n) is 7.63. The Morgan fingerprint density at radius 2 is 1.90 bits per heavy atom. The van der Waals surface area contributed by atoms with Crippen molar-refractivity contribution in [3.05, 3.63) is 0 Å². The van der Waals surface area contributed by atoms with E-state index in [4.69, 9.17) is 4.74 Å². The van der Waals surface area contributed by atoms with Gasteiger partial charge in [0.15, 0.2) is 0 Å². The minimum atomic E-state index is -0.448. The van der Waals surface area contributed by atoms with Crippen molar-refractivity contribution in [2.75, 3.05) is 6.54 Å². The van der Waals surface area contributed by atoms with Crippen LogP contribution in [0.3, 0.4) is 0 Å². The smallest absolute Gasteiger partial charge is 0.410 e. The molecule has 3 saturated heterocycles. The number of piperidine rings is 1. The van der Waals surface area contributed by atoms with E-state index in [2.05, 4.69) is 5.32 Å². The van der Waals surface area contributed by atoms with Gasteiger partial charge < -0.3 is 15.0 Å². The summed E-state index contributed by atoms with van der Waals surface area (Å²) in [5, 5.41) is 2.96. The fourth-order valence-corrected chi connectivity index (χ4v) is 4.10. The van der Waals surface area contributed by atoms with Crippen LogP contribution in [0.2, 0.25) is 0 Å². The number of ether oxygens (including phenoxy) is 1. The number of hydrogen-bond acceptors (Lipinski definition) is 3. The third-order valence-corrected chi connectivity index (χ3v) is 4.76. The van der Waals surface area contributed by atoms with Crippen molar-refractivity contribution in [3.63, 3.8) is 0 Å². The molecule has 0 aliphatic carbocycles. The van der Waals surface area contributed by atoms with E-state index in [0.717, 1.165) is 32.2 Å². The Hall–Kier alpha value is -1.26. The van der Waals surface area contributed by atoms with Gasteiger partial charge in [-0.05, 0) is 46.5 Å². The van der Waals surface area contributed by atoms with E-state index in [0.29, 0.717) is 6.42 Å². The Labute approximate surface area is 120 Å². The first-order valence-electron chi connectivity index (χ1n) is 7.56. The van der Waals surface area contributed by atoms with Crippen molar-refractivity contribution in [2.45, 2.75) is 70.6 Å². The molecule has 0 aromatic heterocycles. The highest BCUT2D eigenvalue weighted by Crippen LogP contribution is 2.49. The summed E-state index contributed by atoms with van der Waals surface area (Å²) in [5.74, 6) is 0.162. The molecule has 2 unspecified atom stereocenters. The summed E-state index contributed by atoms with van der Waals surface area (Å²) in [6, 6.07) is 0.493. The monoisotopic (exact) mass is 280 g/mol. The highest BCUT2D eigenvalue weighted by Gasteiger charge is 2.53. The second-order valence-corrected chi connectivity index (χ2v) is 7.63. The molecule has 3 aliphatic rings. The first-order valence-corrected chi connectivity index (χ1v) is 7.56. The maximum Gasteiger partial charge on any atom is 0.410 e. The lowest BCUT2D eigenvalue weighted by molar-refractivity contribution is -0.120. The third-order valence-electron chi connectivity index (χ3n) is 4.76. The van der Waals surface area contributed by atoms with Gasteiger partial charge in [-0.3, -0.25) is 4.79 Å². The molecule has 20 heavy (non-hydrogen) atoms. The SMILES string of the molecule is CC(C)(C)OC(=O)N1C2CCC1CC1(CNC(=O)C1)C2. The average molecular weight is 280 g/mol. The highest BCUT2D eigenvalue weighted by atomic mass is 16.6. The molecule has 1 spiro atoms. The average Bonchev–Trinajstić information content (AvgIpc) is 2.77. The number of hydrogen-bond donors (Lipinski definition) is 1. The van der Waals surface area contributed by atoms with Crippen molar-refractivity contribution in [1.29, 1.82) is 0 Å². The second kappa shape index (κ2) is 4.37. The van der Waals surface area contributed by atoms with Gasteiger partial charge in [-0.15, -0.1) is 0 Å². The van der Waals surface area contributed by atoms with E-state index in [1.165, 1.54) is 0 Å². The van der Waals surface area contributed by atoms with E-state index in [1.54, 1.807) is 0 Å². The summed E-state index contributed by atoms with van der Waals surface area (Å²) in [4.78, 5) is 25.8. The fourth-order valence-electron chi connectivity index (χ4n) is 4.10. The van der Waals surface area contributed by atoms with Gasteiger partial charge in [0.05, 0.1) is 0 Å². The summed E-state index contributed by atoms with van der Waals surface area (Å²) in [5.41, 5.74) is -0.363. The van der Waals surface area contributed by atoms with Crippen molar-refractivity contribution in [1.82, 2.24) is 10.2 Å². The van der Waals surface area contributed by atoms with E-state index in [9.17, 15) is 9.59 Å². The maximum atomic E-state index is 12.4. The summed E-state index contributed by atoms with van der Waals surface area (Å²) in [6.45, 7) is 6.48. The minimum absolute atomic E-state index is 0.0848. The lowest BCUT2D eigenvalue weighted by Gasteiger charge is -2.44. The van der Waals surface area contributed by atoms with E-state index >= 15 is 0 Å². The fraction of sp³-hybridized carbons (Fsp3) is 0.867. The minimum Gasteiger partial charge on any atom is -0.444 e. The van der Waals surface area contributed by atoms with E-state index in [1.807, 2.05) is 25.7 Å². The molecule has 2 amide bonds. The molecule has 5 heteroatoms. The van der Waals surface area contributed by atoms with Crippen molar-refractivity contribution in [2.24, 2.45) is 5.41 Å². The van der Waals surface area contributed by atoms with Crippen LogP contribution in [0.25, 0.3) is 0 Å². The molecule has 3 aliphatic heterocycles. The molecule has 0 aromatic carbocycles. The first kappa shape index (κ1) is 13.7. The molecule has 0 aromatic rings. The van der Waals surface area contributed by atoms with Crippen LogP contribution in [-0.4, -0.2) is 41.1 Å². The lowest BCUT2D eigenvalue weighted by Crippen LogP contribution is -2.52. The topological polar surface area (TPSA) is 58.6 Å². The maximum absolute atomic E-state index is 12.4. The van der Waals surface area contributed by atoms with Gasteiger partial charge in [0, 0.05) is 30.5 Å². The van der Waals surface area contributed by atoms with Gasteiger partial charge in [-0.1, -0.05) is 0 Å². The number of nitrogens with zero attached hydrogens (tertiary/aromatic N) is 1. The van der Waals surface area contributed by atoms with Gasteiger partial charge in [0.1, 0.15) is 5.60 Å². The molecule has 1 N–H and O–H groups in total. The normalized spacial score (nSPS) is 36.4. The molecule has 3 heterocycles. The molecule has 0 saturated carbocycles. The summed E-state index contributed by atoms with van der Waals surface area (Å²) < 4.78 is 5.53.